The van der Waals surface area contributed by atoms with E-state index in [-0.39, 0.29) is 33.8 Å². The highest BCUT2D eigenvalue weighted by atomic mass is 15.1. The Morgan fingerprint density at radius 3 is 1.48 bits per heavy atom. The van der Waals surface area contributed by atoms with Crippen molar-refractivity contribution in [3.63, 3.8) is 0 Å². The summed E-state index contributed by atoms with van der Waals surface area (Å²) in [5.41, 5.74) is 32.3. The van der Waals surface area contributed by atoms with Crippen molar-refractivity contribution >= 4 is 66.6 Å². The second kappa shape index (κ2) is 16.6. The van der Waals surface area contributed by atoms with Gasteiger partial charge in [0.15, 0.2) is 0 Å². The summed E-state index contributed by atoms with van der Waals surface area (Å²) < 4.78 is 5.57. The van der Waals surface area contributed by atoms with Crippen LogP contribution in [-0.4, -0.2) is 15.8 Å². The molecule has 0 amide bonds. The fourth-order valence-electron chi connectivity index (χ4n) is 15.9. The van der Waals surface area contributed by atoms with Gasteiger partial charge in [0.2, 0.25) is 0 Å². The lowest BCUT2D eigenvalue weighted by molar-refractivity contribution is 0.588. The highest BCUT2D eigenvalue weighted by Crippen LogP contribution is 2.62. The van der Waals surface area contributed by atoms with Crippen LogP contribution in [0, 0.1) is 0 Å². The van der Waals surface area contributed by atoms with Crippen LogP contribution in [0.1, 0.15) is 154 Å². The van der Waals surface area contributed by atoms with Gasteiger partial charge < -0.3 is 9.13 Å². The Kier molecular flexibility index (Phi) is 10.2. The highest BCUT2D eigenvalue weighted by molar-refractivity contribution is 7.01. The van der Waals surface area contributed by atoms with E-state index in [1.54, 1.807) is 0 Å². The maximum atomic E-state index is 2.80. The maximum Gasteiger partial charge on any atom is 0.253 e. The van der Waals surface area contributed by atoms with Gasteiger partial charge in [0.05, 0.1) is 22.1 Å². The van der Waals surface area contributed by atoms with E-state index in [4.69, 9.17) is 0 Å². The topological polar surface area (TPSA) is 9.86 Å². The summed E-state index contributed by atoms with van der Waals surface area (Å²) in [4.78, 5) is 0. The zero-order chi connectivity index (χ0) is 58.3. The lowest BCUT2D eigenvalue weighted by Crippen LogP contribution is -2.61. The molecule has 0 unspecified atom stereocenters. The molecule has 0 N–H and O–H groups in total. The Morgan fingerprint density at radius 2 is 0.869 bits per heavy atom. The van der Waals surface area contributed by atoms with Crippen molar-refractivity contribution in [2.75, 3.05) is 0 Å². The van der Waals surface area contributed by atoms with Gasteiger partial charge >= 0.3 is 0 Å². The second-order valence-corrected chi connectivity index (χ2v) is 30.5. The van der Waals surface area contributed by atoms with E-state index in [0.717, 1.165) is 0 Å². The van der Waals surface area contributed by atoms with Gasteiger partial charge in [-0.3, -0.25) is 0 Å². The molecule has 0 fully saturated rings. The molecule has 1 spiro atoms. The van der Waals surface area contributed by atoms with Crippen molar-refractivity contribution in [3.05, 3.63) is 232 Å². The molecule has 4 aliphatic rings. The van der Waals surface area contributed by atoms with Gasteiger partial charge in [0.1, 0.15) is 0 Å². The quantitative estimate of drug-likeness (QED) is 0.156. The molecule has 3 aliphatic heterocycles. The van der Waals surface area contributed by atoms with Crippen molar-refractivity contribution in [3.8, 4) is 56.0 Å². The molecule has 0 radical (unpaired) electrons. The summed E-state index contributed by atoms with van der Waals surface area (Å²) >= 11 is 0. The van der Waals surface area contributed by atoms with E-state index in [1.807, 2.05) is 0 Å². The molecule has 0 atom stereocenters. The second-order valence-electron chi connectivity index (χ2n) is 30.5. The van der Waals surface area contributed by atoms with Gasteiger partial charge in [-0.2, -0.15) is 0 Å². The summed E-state index contributed by atoms with van der Waals surface area (Å²) in [6, 6.07) is 72.9. The van der Waals surface area contributed by atoms with E-state index < -0.39 is 5.41 Å². The third-order valence-electron chi connectivity index (χ3n) is 20.3. The molecule has 10 aromatic carbocycles. The lowest BCUT2D eigenvalue weighted by atomic mass is 9.33. The molecule has 3 heteroatoms. The third kappa shape index (κ3) is 6.76. The van der Waals surface area contributed by atoms with Gasteiger partial charge in [-0.05, 0) is 168 Å². The summed E-state index contributed by atoms with van der Waals surface area (Å²) in [7, 11) is 0. The summed E-state index contributed by atoms with van der Waals surface area (Å²) in [6.45, 7) is 35.4. The molecular weight excluding hydrogens is 1010 g/mol. The average molecular weight is 1090 g/mol. The van der Waals surface area contributed by atoms with Crippen molar-refractivity contribution in [1.82, 2.24) is 9.13 Å². The Morgan fingerprint density at radius 1 is 0.333 bits per heavy atom. The molecule has 16 rings (SSSR count). The number of rotatable bonds is 3. The molecule has 0 saturated heterocycles. The molecule has 2 aromatic heterocycles. The first-order chi connectivity index (χ1) is 39.8. The molecule has 84 heavy (non-hydrogen) atoms. The molecular formula is C81H75BN2. The minimum absolute atomic E-state index is 0.0143. The van der Waals surface area contributed by atoms with Crippen LogP contribution >= 0.6 is 0 Å². The van der Waals surface area contributed by atoms with E-state index in [0.29, 0.717) is 0 Å². The predicted octanol–water partition coefficient (Wildman–Crippen LogP) is 19.2. The predicted molar refractivity (Wildman–Crippen MR) is 360 cm³/mol. The van der Waals surface area contributed by atoms with Crippen molar-refractivity contribution < 1.29 is 0 Å². The van der Waals surface area contributed by atoms with Gasteiger partial charge in [-0.15, -0.1) is 0 Å². The minimum Gasteiger partial charge on any atom is -0.310 e. The number of hydrogen-bond acceptors (Lipinski definition) is 0. The van der Waals surface area contributed by atoms with E-state index in [2.05, 4.69) is 295 Å². The Balaban J connectivity index is 1.14. The van der Waals surface area contributed by atoms with E-state index >= 15 is 0 Å². The van der Waals surface area contributed by atoms with Crippen molar-refractivity contribution in [2.45, 2.75) is 136 Å². The highest BCUT2D eigenvalue weighted by Gasteiger charge is 2.55. The Labute approximate surface area is 497 Å². The van der Waals surface area contributed by atoms with Gasteiger partial charge in [-0.25, -0.2) is 0 Å². The third-order valence-corrected chi connectivity index (χ3v) is 20.3. The minimum atomic E-state index is -0.593. The monoisotopic (exact) mass is 1090 g/mol. The first-order valence-corrected chi connectivity index (χ1v) is 30.9. The fraction of sp³-hybridized carbons (Fsp3) is 0.259. The fourth-order valence-corrected chi connectivity index (χ4v) is 15.9. The summed E-state index contributed by atoms with van der Waals surface area (Å²) in [5.74, 6) is 0. The van der Waals surface area contributed by atoms with Crippen LogP contribution in [0.4, 0.5) is 0 Å². The molecule has 2 nitrogen and oxygen atoms in total. The average Bonchev–Trinajstić information content (AvgIpc) is 1.41. The number of nitrogens with zero attached hydrogens (tertiary/aromatic N) is 2. The van der Waals surface area contributed by atoms with Crippen molar-refractivity contribution in [2.24, 2.45) is 0 Å². The normalized spacial score (nSPS) is 14.7. The first kappa shape index (κ1) is 51.5. The van der Waals surface area contributed by atoms with Crippen LogP contribution in [0.5, 0.6) is 0 Å². The summed E-state index contributed by atoms with van der Waals surface area (Å²) in [6.07, 6.45) is 0. The van der Waals surface area contributed by atoms with Crippen LogP contribution in [-0.2, 0) is 32.5 Å². The van der Waals surface area contributed by atoms with Crippen molar-refractivity contribution in [1.29, 1.82) is 0 Å². The SMILES string of the molecule is CC(C)(C)c1ccc(-c2cc(C(C)(C)C)ccc2-c2c(-c3ccc(C(C)(C)C)cc3)n3c4c(c5ccccc5cc24)B2c4c-3ccc3c4-n4c5c2cc(C(C)(C)C)cc5c2cc(C(C)(C)C)cc(c24)C32c3ccccc3-c3ccccc32)cc1. The Hall–Kier alpha value is -8.14. The standard InChI is InChI=1S/C81H75BN2/c1-76(2,3)49-32-28-46(29-33-49)58-41-51(78(7,8)9)36-37-57(58)68-61-40-48-22-16-17-23-54(48)69-74(61)83(71(68)47-30-34-50(35-31-47)77(4,5)6)67-39-38-64-75-70(67)82(69)66-45-53(80(13,14)15)43-60-59-42-52(79(10,11)12)44-65(72(59)84(75)73(60)66)81(64)62-26-20-18-24-55(62)56-25-19-21-27-63(56)81/h16-45H,1-15H3. The molecule has 412 valence electrons. The largest absolute Gasteiger partial charge is 0.310 e. The van der Waals surface area contributed by atoms with E-state index in [1.165, 1.54) is 166 Å². The molecule has 5 heterocycles. The molecule has 1 aliphatic carbocycles. The van der Waals surface area contributed by atoms with Crippen LogP contribution in [0.25, 0.3) is 99.5 Å². The zero-order valence-corrected chi connectivity index (χ0v) is 51.8. The number of benzene rings is 10. The summed E-state index contributed by atoms with van der Waals surface area (Å²) in [5, 5.41) is 6.59. The van der Waals surface area contributed by atoms with E-state index in [9.17, 15) is 0 Å². The van der Waals surface area contributed by atoms with Gasteiger partial charge in [0.25, 0.3) is 6.71 Å². The lowest BCUT2D eigenvalue weighted by Gasteiger charge is -2.44. The van der Waals surface area contributed by atoms with Gasteiger partial charge in [-0.1, -0.05) is 256 Å². The van der Waals surface area contributed by atoms with Gasteiger partial charge in [0, 0.05) is 38.6 Å². The van der Waals surface area contributed by atoms with Crippen LogP contribution in [0.2, 0.25) is 0 Å². The molecule has 0 saturated carbocycles. The zero-order valence-electron chi connectivity index (χ0n) is 51.8. The molecule has 12 aromatic rings. The maximum absolute atomic E-state index is 2.80. The molecule has 0 bridgehead atoms. The number of hydrogen-bond donors (Lipinski definition) is 0. The van der Waals surface area contributed by atoms with Crippen LogP contribution in [0.15, 0.2) is 182 Å². The van der Waals surface area contributed by atoms with Crippen LogP contribution in [0.3, 0.4) is 0 Å². The van der Waals surface area contributed by atoms with Crippen LogP contribution < -0.4 is 16.4 Å². The first-order valence-electron chi connectivity index (χ1n) is 30.9. The number of aromatic nitrogens is 2. The number of fused-ring (bicyclic) bond motifs is 13. The smallest absolute Gasteiger partial charge is 0.253 e. The Bertz CT molecular complexity index is 4830.